The zero-order valence-corrected chi connectivity index (χ0v) is 17.1. The van der Waals surface area contributed by atoms with Crippen LogP contribution >= 0.6 is 11.3 Å². The van der Waals surface area contributed by atoms with Crippen LogP contribution in [0.25, 0.3) is 21.0 Å². The molecule has 4 nitrogen and oxygen atoms in total. The lowest BCUT2D eigenvalue weighted by molar-refractivity contribution is -0.119. The van der Waals surface area contributed by atoms with Gasteiger partial charge in [-0.2, -0.15) is 0 Å². The fraction of sp³-hybridized carbons (Fsp3) is 0.250. The predicted octanol–water partition coefficient (Wildman–Crippen LogP) is 4.38. The molecule has 146 valence electrons. The van der Waals surface area contributed by atoms with Gasteiger partial charge < -0.3 is 4.90 Å². The van der Waals surface area contributed by atoms with Crippen LogP contribution in [0.5, 0.6) is 0 Å². The molecular formula is C24H23N3OS. The Hall–Kier alpha value is -2.76. The van der Waals surface area contributed by atoms with Gasteiger partial charge in [0.2, 0.25) is 0 Å². The van der Waals surface area contributed by atoms with E-state index in [2.05, 4.69) is 62.6 Å². The van der Waals surface area contributed by atoms with Gasteiger partial charge in [0.15, 0.2) is 5.78 Å². The first-order valence-corrected chi connectivity index (χ1v) is 10.9. The van der Waals surface area contributed by atoms with Crippen molar-refractivity contribution in [2.75, 3.05) is 37.6 Å². The van der Waals surface area contributed by atoms with Crippen LogP contribution in [-0.4, -0.2) is 48.4 Å². The molecule has 29 heavy (non-hydrogen) atoms. The minimum Gasteiger partial charge on any atom is -0.367 e. The number of anilines is 1. The fourth-order valence-electron chi connectivity index (χ4n) is 4.18. The number of benzene rings is 2. The van der Waals surface area contributed by atoms with Gasteiger partial charge >= 0.3 is 0 Å². The Morgan fingerprint density at radius 2 is 1.79 bits per heavy atom. The highest BCUT2D eigenvalue weighted by Gasteiger charge is 2.21. The van der Waals surface area contributed by atoms with Crippen molar-refractivity contribution < 1.29 is 4.79 Å². The smallest absolute Gasteiger partial charge is 0.151 e. The number of piperazine rings is 1. The average molecular weight is 402 g/mol. The van der Waals surface area contributed by atoms with Crippen LogP contribution in [0.2, 0.25) is 0 Å². The SMILES string of the molecule is O=C(Cc1csc2ccccc12)CN1CCN(c2cccc3cccnc23)CC1. The summed E-state index contributed by atoms with van der Waals surface area (Å²) < 4.78 is 1.26. The van der Waals surface area contributed by atoms with E-state index in [4.69, 9.17) is 0 Å². The highest BCUT2D eigenvalue weighted by Crippen LogP contribution is 2.27. The molecule has 2 aromatic heterocycles. The number of thiophene rings is 1. The predicted molar refractivity (Wildman–Crippen MR) is 121 cm³/mol. The van der Waals surface area contributed by atoms with Crippen molar-refractivity contribution in [3.63, 3.8) is 0 Å². The van der Waals surface area contributed by atoms with Gasteiger partial charge in [-0.3, -0.25) is 14.7 Å². The summed E-state index contributed by atoms with van der Waals surface area (Å²) in [4.78, 5) is 21.9. The molecule has 5 rings (SSSR count). The number of rotatable bonds is 5. The number of ketones is 1. The van der Waals surface area contributed by atoms with Gasteiger partial charge in [0.25, 0.3) is 0 Å². The standard InChI is InChI=1S/C24H23N3OS/c28-20(15-19-17-29-23-9-2-1-7-21(19)23)16-26-11-13-27(14-12-26)22-8-3-5-18-6-4-10-25-24(18)22/h1-10,17H,11-16H2. The maximum Gasteiger partial charge on any atom is 0.151 e. The summed E-state index contributed by atoms with van der Waals surface area (Å²) in [6, 6.07) is 18.8. The van der Waals surface area contributed by atoms with E-state index in [1.807, 2.05) is 18.3 Å². The van der Waals surface area contributed by atoms with Gasteiger partial charge in [-0.05, 0) is 34.5 Å². The number of nitrogens with zero attached hydrogens (tertiary/aromatic N) is 3. The van der Waals surface area contributed by atoms with Crippen molar-refractivity contribution in [3.05, 3.63) is 71.7 Å². The number of aromatic nitrogens is 1. The van der Waals surface area contributed by atoms with E-state index in [9.17, 15) is 4.79 Å². The molecule has 0 N–H and O–H groups in total. The van der Waals surface area contributed by atoms with Gasteiger partial charge in [-0.25, -0.2) is 0 Å². The Morgan fingerprint density at radius 1 is 0.966 bits per heavy atom. The number of Topliss-reactive ketones (excluding diaryl/α,β-unsaturated/α-hetero) is 1. The summed E-state index contributed by atoms with van der Waals surface area (Å²) in [5.41, 5.74) is 3.42. The van der Waals surface area contributed by atoms with Crippen molar-refractivity contribution in [1.29, 1.82) is 0 Å². The number of carbonyl (C=O) groups is 1. The Bertz CT molecular complexity index is 1160. The Morgan fingerprint density at radius 3 is 2.69 bits per heavy atom. The van der Waals surface area contributed by atoms with E-state index in [0.29, 0.717) is 18.7 Å². The second kappa shape index (κ2) is 7.93. The van der Waals surface area contributed by atoms with Crippen molar-refractivity contribution in [2.24, 2.45) is 0 Å². The summed E-state index contributed by atoms with van der Waals surface area (Å²) in [7, 11) is 0. The number of para-hydroxylation sites is 1. The molecule has 2 aromatic carbocycles. The number of pyridine rings is 1. The molecule has 0 radical (unpaired) electrons. The lowest BCUT2D eigenvalue weighted by Gasteiger charge is -2.36. The molecule has 1 fully saturated rings. The van der Waals surface area contributed by atoms with E-state index in [0.717, 1.165) is 37.3 Å². The van der Waals surface area contributed by atoms with Gasteiger partial charge in [0.05, 0.1) is 17.7 Å². The summed E-state index contributed by atoms with van der Waals surface area (Å²) >= 11 is 1.72. The lowest BCUT2D eigenvalue weighted by Crippen LogP contribution is -2.48. The molecule has 1 saturated heterocycles. The molecule has 4 aromatic rings. The molecule has 0 aliphatic carbocycles. The normalized spacial score (nSPS) is 15.2. The molecule has 0 unspecified atom stereocenters. The topological polar surface area (TPSA) is 36.4 Å². The van der Waals surface area contributed by atoms with Crippen LogP contribution in [0.1, 0.15) is 5.56 Å². The fourth-order valence-corrected chi connectivity index (χ4v) is 5.14. The molecule has 1 aliphatic rings. The summed E-state index contributed by atoms with van der Waals surface area (Å²) in [5, 5.41) is 4.53. The van der Waals surface area contributed by atoms with Gasteiger partial charge in [-0.1, -0.05) is 36.4 Å². The van der Waals surface area contributed by atoms with Gasteiger partial charge in [0, 0.05) is 48.9 Å². The zero-order chi connectivity index (χ0) is 19.6. The average Bonchev–Trinajstić information content (AvgIpc) is 3.17. The first-order valence-electron chi connectivity index (χ1n) is 10.1. The third-order valence-corrected chi connectivity index (χ3v) is 6.69. The number of fused-ring (bicyclic) bond motifs is 2. The zero-order valence-electron chi connectivity index (χ0n) is 16.3. The monoisotopic (exact) mass is 401 g/mol. The van der Waals surface area contributed by atoms with Gasteiger partial charge in [-0.15, -0.1) is 11.3 Å². The van der Waals surface area contributed by atoms with E-state index in [-0.39, 0.29) is 0 Å². The number of hydrogen-bond acceptors (Lipinski definition) is 5. The first kappa shape index (κ1) is 18.3. The van der Waals surface area contributed by atoms with Crippen LogP contribution in [0, 0.1) is 0 Å². The molecule has 0 bridgehead atoms. The third kappa shape index (κ3) is 3.76. The molecule has 5 heteroatoms. The second-order valence-electron chi connectivity index (χ2n) is 7.59. The lowest BCUT2D eigenvalue weighted by atomic mass is 10.1. The maximum absolute atomic E-state index is 12.7. The highest BCUT2D eigenvalue weighted by atomic mass is 32.1. The Kier molecular flexibility index (Phi) is 5.00. The highest BCUT2D eigenvalue weighted by molar-refractivity contribution is 7.17. The van der Waals surface area contributed by atoms with Crippen molar-refractivity contribution in [2.45, 2.75) is 6.42 Å². The quantitative estimate of drug-likeness (QED) is 0.497. The summed E-state index contributed by atoms with van der Waals surface area (Å²) in [5.74, 6) is 0.300. The molecule has 0 amide bonds. The van der Waals surface area contributed by atoms with Crippen LogP contribution in [0.3, 0.4) is 0 Å². The van der Waals surface area contributed by atoms with Crippen molar-refractivity contribution >= 4 is 43.8 Å². The minimum atomic E-state index is 0.300. The molecule has 1 aliphatic heterocycles. The molecule has 0 atom stereocenters. The molecular weight excluding hydrogens is 378 g/mol. The van der Waals surface area contributed by atoms with Crippen LogP contribution < -0.4 is 4.90 Å². The van der Waals surface area contributed by atoms with Crippen molar-refractivity contribution in [3.8, 4) is 0 Å². The first-order chi connectivity index (χ1) is 14.3. The Labute approximate surface area is 174 Å². The van der Waals surface area contributed by atoms with E-state index in [1.54, 1.807) is 11.3 Å². The number of hydrogen-bond donors (Lipinski definition) is 0. The summed E-state index contributed by atoms with van der Waals surface area (Å²) in [6.45, 7) is 4.18. The largest absolute Gasteiger partial charge is 0.367 e. The van der Waals surface area contributed by atoms with Crippen LogP contribution in [0.4, 0.5) is 5.69 Å². The second-order valence-corrected chi connectivity index (χ2v) is 8.50. The minimum absolute atomic E-state index is 0.300. The third-order valence-electron chi connectivity index (χ3n) is 5.67. The molecule has 0 saturated carbocycles. The van der Waals surface area contributed by atoms with E-state index < -0.39 is 0 Å². The van der Waals surface area contributed by atoms with E-state index >= 15 is 0 Å². The van der Waals surface area contributed by atoms with Crippen LogP contribution in [-0.2, 0) is 11.2 Å². The van der Waals surface area contributed by atoms with Gasteiger partial charge in [0.1, 0.15) is 0 Å². The van der Waals surface area contributed by atoms with Crippen molar-refractivity contribution in [1.82, 2.24) is 9.88 Å². The molecule has 0 spiro atoms. The Balaban J connectivity index is 1.21. The number of carbonyl (C=O) groups excluding carboxylic acids is 1. The summed E-state index contributed by atoms with van der Waals surface area (Å²) in [6.07, 6.45) is 2.38. The van der Waals surface area contributed by atoms with Crippen LogP contribution in [0.15, 0.2) is 66.2 Å². The maximum atomic E-state index is 12.7. The van der Waals surface area contributed by atoms with E-state index in [1.165, 1.54) is 21.2 Å². The molecule has 3 heterocycles.